The highest BCUT2D eigenvalue weighted by Crippen LogP contribution is 2.19. The van der Waals surface area contributed by atoms with E-state index in [-0.39, 0.29) is 5.78 Å². The Morgan fingerprint density at radius 3 is 2.46 bits per heavy atom. The summed E-state index contributed by atoms with van der Waals surface area (Å²) in [6.07, 6.45) is 1.54. The quantitative estimate of drug-likeness (QED) is 0.695. The second-order valence-electron chi connectivity index (χ2n) is 5.36. The van der Waals surface area contributed by atoms with Crippen LogP contribution in [0, 0.1) is 6.92 Å². The summed E-state index contributed by atoms with van der Waals surface area (Å²) >= 11 is 0. The fourth-order valence-corrected chi connectivity index (χ4v) is 2.19. The molecule has 0 saturated heterocycles. The van der Waals surface area contributed by atoms with Crippen molar-refractivity contribution >= 4 is 28.9 Å². The van der Waals surface area contributed by atoms with Gasteiger partial charge in [0.1, 0.15) is 0 Å². The lowest BCUT2D eigenvalue weighted by molar-refractivity contribution is 0.101. The van der Waals surface area contributed by atoms with Gasteiger partial charge in [-0.25, -0.2) is 0 Å². The number of benzene rings is 2. The van der Waals surface area contributed by atoms with Crippen LogP contribution in [0.15, 0.2) is 54.7 Å². The lowest BCUT2D eigenvalue weighted by atomic mass is 10.1. The van der Waals surface area contributed by atoms with Gasteiger partial charge < -0.3 is 10.6 Å². The van der Waals surface area contributed by atoms with Gasteiger partial charge in [-0.1, -0.05) is 18.2 Å². The van der Waals surface area contributed by atoms with Crippen molar-refractivity contribution in [2.45, 2.75) is 13.8 Å². The zero-order valence-corrected chi connectivity index (χ0v) is 13.4. The molecule has 1 heterocycles. The molecule has 0 amide bonds. The van der Waals surface area contributed by atoms with Gasteiger partial charge in [-0.3, -0.25) is 4.79 Å². The fourth-order valence-electron chi connectivity index (χ4n) is 2.19. The highest BCUT2D eigenvalue weighted by molar-refractivity contribution is 5.94. The van der Waals surface area contributed by atoms with Crippen molar-refractivity contribution in [3.05, 3.63) is 65.9 Å². The van der Waals surface area contributed by atoms with E-state index in [9.17, 15) is 4.79 Å². The maximum Gasteiger partial charge on any atom is 0.249 e. The molecule has 0 aliphatic heterocycles. The normalized spacial score (nSPS) is 10.2. The molecule has 0 radical (unpaired) electrons. The van der Waals surface area contributed by atoms with Crippen LogP contribution >= 0.6 is 0 Å². The summed E-state index contributed by atoms with van der Waals surface area (Å²) in [5, 5.41) is 14.3. The van der Waals surface area contributed by atoms with Crippen molar-refractivity contribution in [3.63, 3.8) is 0 Å². The van der Waals surface area contributed by atoms with Crippen molar-refractivity contribution in [1.29, 1.82) is 0 Å². The van der Waals surface area contributed by atoms with E-state index >= 15 is 0 Å². The average molecular weight is 319 g/mol. The third-order valence-electron chi connectivity index (χ3n) is 3.51. The number of ketones is 1. The number of anilines is 4. The molecule has 0 saturated carbocycles. The van der Waals surface area contributed by atoms with Gasteiger partial charge in [-0.2, -0.15) is 10.1 Å². The number of nitrogens with zero attached hydrogens (tertiary/aromatic N) is 3. The highest BCUT2D eigenvalue weighted by Gasteiger charge is 2.04. The van der Waals surface area contributed by atoms with Crippen molar-refractivity contribution < 1.29 is 4.79 Å². The Morgan fingerprint density at radius 2 is 1.75 bits per heavy atom. The minimum absolute atomic E-state index is 0.0370. The summed E-state index contributed by atoms with van der Waals surface area (Å²) in [5.74, 6) is 1.02. The van der Waals surface area contributed by atoms with E-state index in [1.54, 1.807) is 25.3 Å². The predicted octanol–water partition coefficient (Wildman–Crippen LogP) is 3.87. The number of rotatable bonds is 5. The van der Waals surface area contributed by atoms with Crippen LogP contribution in [0.25, 0.3) is 0 Å². The van der Waals surface area contributed by atoms with E-state index in [0.717, 1.165) is 16.9 Å². The van der Waals surface area contributed by atoms with Gasteiger partial charge in [0.05, 0.1) is 6.20 Å². The summed E-state index contributed by atoms with van der Waals surface area (Å²) < 4.78 is 0. The molecule has 0 atom stereocenters. The molecule has 0 spiro atoms. The third-order valence-corrected chi connectivity index (χ3v) is 3.51. The van der Waals surface area contributed by atoms with Gasteiger partial charge in [-0.15, -0.1) is 5.10 Å². The first-order chi connectivity index (χ1) is 11.6. The van der Waals surface area contributed by atoms with Crippen LogP contribution in [-0.2, 0) is 0 Å². The van der Waals surface area contributed by atoms with E-state index in [0.29, 0.717) is 17.3 Å². The zero-order chi connectivity index (χ0) is 16.9. The van der Waals surface area contributed by atoms with Crippen molar-refractivity contribution in [1.82, 2.24) is 15.2 Å². The Kier molecular flexibility index (Phi) is 4.47. The van der Waals surface area contributed by atoms with Gasteiger partial charge in [0, 0.05) is 16.9 Å². The lowest BCUT2D eigenvalue weighted by Crippen LogP contribution is -2.03. The standard InChI is InChI=1S/C18H17N5O/c1-12-5-3-4-6-16(12)21-18-22-17(11-19-23-18)20-15-9-7-14(8-10-15)13(2)24/h3-11H,1-2H3,(H2,20,21,22,23). The number of hydrogen-bond acceptors (Lipinski definition) is 6. The Labute approximate surface area is 140 Å². The average Bonchev–Trinajstić information content (AvgIpc) is 2.58. The fraction of sp³-hybridized carbons (Fsp3) is 0.111. The van der Waals surface area contributed by atoms with Crippen molar-refractivity contribution in [2.75, 3.05) is 10.6 Å². The third kappa shape index (κ3) is 3.73. The van der Waals surface area contributed by atoms with Gasteiger partial charge in [-0.05, 0) is 49.7 Å². The molecule has 3 aromatic rings. The number of carbonyl (C=O) groups excluding carboxylic acids is 1. The second kappa shape index (κ2) is 6.87. The van der Waals surface area contributed by atoms with E-state index in [1.807, 2.05) is 43.3 Å². The Balaban J connectivity index is 1.75. The van der Waals surface area contributed by atoms with Crippen LogP contribution in [0.3, 0.4) is 0 Å². The SMILES string of the molecule is CC(=O)c1ccc(Nc2cnnc(Nc3ccccc3C)n2)cc1. The molecule has 120 valence electrons. The van der Waals surface area contributed by atoms with E-state index in [2.05, 4.69) is 25.8 Å². The first kappa shape index (κ1) is 15.6. The molecular weight excluding hydrogens is 302 g/mol. The minimum atomic E-state index is 0.0370. The van der Waals surface area contributed by atoms with Crippen LogP contribution in [0.4, 0.5) is 23.1 Å². The number of aryl methyl sites for hydroxylation is 1. The molecule has 1 aromatic heterocycles. The first-order valence-corrected chi connectivity index (χ1v) is 7.52. The number of nitrogens with one attached hydrogen (secondary N) is 2. The molecular formula is C18H17N5O. The second-order valence-corrected chi connectivity index (χ2v) is 5.36. The predicted molar refractivity (Wildman–Crippen MR) is 94.0 cm³/mol. The number of Topliss-reactive ketones (excluding diaryl/α,β-unsaturated/α-hetero) is 1. The summed E-state index contributed by atoms with van der Waals surface area (Å²) in [4.78, 5) is 15.7. The Morgan fingerprint density at radius 1 is 1.00 bits per heavy atom. The molecule has 2 N–H and O–H groups in total. The van der Waals surface area contributed by atoms with Crippen molar-refractivity contribution in [3.8, 4) is 0 Å². The molecule has 3 rings (SSSR count). The van der Waals surface area contributed by atoms with Gasteiger partial charge in [0.25, 0.3) is 0 Å². The topological polar surface area (TPSA) is 79.8 Å². The molecule has 6 nitrogen and oxygen atoms in total. The number of carbonyl (C=O) groups is 1. The van der Waals surface area contributed by atoms with E-state index in [4.69, 9.17) is 0 Å². The summed E-state index contributed by atoms with van der Waals surface area (Å²) in [7, 11) is 0. The van der Waals surface area contributed by atoms with Crippen LogP contribution in [0.2, 0.25) is 0 Å². The largest absolute Gasteiger partial charge is 0.339 e. The van der Waals surface area contributed by atoms with E-state index in [1.165, 1.54) is 0 Å². The van der Waals surface area contributed by atoms with Gasteiger partial charge in [0.15, 0.2) is 11.6 Å². The molecule has 6 heteroatoms. The molecule has 0 fully saturated rings. The van der Waals surface area contributed by atoms with Gasteiger partial charge in [0.2, 0.25) is 5.95 Å². The van der Waals surface area contributed by atoms with E-state index < -0.39 is 0 Å². The van der Waals surface area contributed by atoms with Crippen LogP contribution in [-0.4, -0.2) is 21.0 Å². The Bertz CT molecular complexity index is 861. The molecule has 24 heavy (non-hydrogen) atoms. The lowest BCUT2D eigenvalue weighted by Gasteiger charge is -2.09. The summed E-state index contributed by atoms with van der Waals surface area (Å²) in [5.41, 5.74) is 3.52. The number of hydrogen-bond donors (Lipinski definition) is 2. The zero-order valence-electron chi connectivity index (χ0n) is 13.4. The molecule has 0 aliphatic rings. The monoisotopic (exact) mass is 319 g/mol. The summed E-state index contributed by atoms with van der Waals surface area (Å²) in [6, 6.07) is 15.1. The van der Waals surface area contributed by atoms with Crippen molar-refractivity contribution in [2.24, 2.45) is 0 Å². The highest BCUT2D eigenvalue weighted by atomic mass is 16.1. The molecule has 2 aromatic carbocycles. The number of para-hydroxylation sites is 1. The number of aromatic nitrogens is 3. The smallest absolute Gasteiger partial charge is 0.249 e. The minimum Gasteiger partial charge on any atom is -0.339 e. The van der Waals surface area contributed by atoms with Crippen LogP contribution in [0.5, 0.6) is 0 Å². The molecule has 0 bridgehead atoms. The van der Waals surface area contributed by atoms with Crippen LogP contribution < -0.4 is 10.6 Å². The van der Waals surface area contributed by atoms with Gasteiger partial charge >= 0.3 is 0 Å². The molecule has 0 unspecified atom stereocenters. The molecule has 0 aliphatic carbocycles. The maximum atomic E-state index is 11.3. The Hall–Kier alpha value is -3.28. The first-order valence-electron chi connectivity index (χ1n) is 7.52. The maximum absolute atomic E-state index is 11.3. The summed E-state index contributed by atoms with van der Waals surface area (Å²) in [6.45, 7) is 3.55. The van der Waals surface area contributed by atoms with Crippen LogP contribution in [0.1, 0.15) is 22.8 Å².